The van der Waals surface area contributed by atoms with E-state index in [9.17, 15) is 0 Å². The molecule has 0 radical (unpaired) electrons. The number of hydrogen-bond acceptors (Lipinski definition) is 4. The van der Waals surface area contributed by atoms with Gasteiger partial charge in [-0.25, -0.2) is 0 Å². The first-order valence-electron chi connectivity index (χ1n) is 5.30. The smallest absolute Gasteiger partial charge is 0.152 e. The van der Waals surface area contributed by atoms with E-state index >= 15 is 0 Å². The highest BCUT2D eigenvalue weighted by Gasteiger charge is 2.03. The zero-order valence-corrected chi connectivity index (χ0v) is 10.2. The van der Waals surface area contributed by atoms with Gasteiger partial charge in [0.1, 0.15) is 5.75 Å². The molecule has 2 aromatic rings. The highest BCUT2D eigenvalue weighted by Crippen LogP contribution is 2.24. The number of ether oxygens (including phenoxy) is 1. The molecule has 0 aliphatic heterocycles. The summed E-state index contributed by atoms with van der Waals surface area (Å²) in [6.07, 6.45) is 0. The Morgan fingerprint density at radius 3 is 2.65 bits per heavy atom. The van der Waals surface area contributed by atoms with Crippen molar-refractivity contribution in [2.45, 2.75) is 6.92 Å². The van der Waals surface area contributed by atoms with Gasteiger partial charge >= 0.3 is 0 Å². The van der Waals surface area contributed by atoms with Gasteiger partial charge < -0.3 is 15.8 Å². The normalized spacial score (nSPS) is 10.3. The first-order chi connectivity index (χ1) is 8.08. The predicted octanol–water partition coefficient (Wildman–Crippen LogP) is 2.06. The molecule has 3 N–H and O–H groups in total. The van der Waals surface area contributed by atoms with E-state index in [1.807, 2.05) is 36.9 Å². The van der Waals surface area contributed by atoms with Crippen LogP contribution in [0.3, 0.4) is 0 Å². The number of anilines is 3. The van der Waals surface area contributed by atoms with Crippen LogP contribution in [-0.2, 0) is 7.05 Å². The van der Waals surface area contributed by atoms with E-state index in [-0.39, 0.29) is 0 Å². The fraction of sp³-hybridized carbons (Fsp3) is 0.250. The molecule has 1 heterocycles. The molecule has 5 heteroatoms. The molecule has 0 saturated carbocycles. The number of nitrogens with one attached hydrogen (secondary N) is 1. The third-order valence-electron chi connectivity index (χ3n) is 2.55. The van der Waals surface area contributed by atoms with E-state index in [0.717, 1.165) is 22.9 Å². The van der Waals surface area contributed by atoms with E-state index in [1.165, 1.54) is 0 Å². The standard InChI is InChI=1S/C12H16N4O/c1-8-4-12(15-16(8)2)14-10-5-9(13)6-11(7-10)17-3/h4-7H,13H2,1-3H3,(H,14,15). The van der Waals surface area contributed by atoms with Crippen LogP contribution in [0.4, 0.5) is 17.2 Å². The molecule has 2 rings (SSSR count). The Labute approximate surface area is 100 Å². The van der Waals surface area contributed by atoms with Crippen LogP contribution in [0.15, 0.2) is 24.3 Å². The largest absolute Gasteiger partial charge is 0.497 e. The number of hydrogen-bond donors (Lipinski definition) is 2. The maximum absolute atomic E-state index is 5.78. The molecule has 0 spiro atoms. The number of aromatic nitrogens is 2. The van der Waals surface area contributed by atoms with Crippen molar-refractivity contribution in [3.05, 3.63) is 30.0 Å². The van der Waals surface area contributed by atoms with Gasteiger partial charge in [0.25, 0.3) is 0 Å². The summed E-state index contributed by atoms with van der Waals surface area (Å²) in [5.41, 5.74) is 8.38. The van der Waals surface area contributed by atoms with Gasteiger partial charge in [0.15, 0.2) is 5.82 Å². The summed E-state index contributed by atoms with van der Waals surface area (Å²) >= 11 is 0. The van der Waals surface area contributed by atoms with Crippen molar-refractivity contribution < 1.29 is 4.74 Å². The Kier molecular flexibility index (Phi) is 2.91. The van der Waals surface area contributed by atoms with E-state index in [2.05, 4.69) is 10.4 Å². The van der Waals surface area contributed by atoms with E-state index in [1.54, 1.807) is 13.2 Å². The summed E-state index contributed by atoms with van der Waals surface area (Å²) in [4.78, 5) is 0. The predicted molar refractivity (Wildman–Crippen MR) is 68.6 cm³/mol. The van der Waals surface area contributed by atoms with Crippen LogP contribution < -0.4 is 15.8 Å². The molecule has 0 bridgehead atoms. The highest BCUT2D eigenvalue weighted by atomic mass is 16.5. The van der Waals surface area contributed by atoms with Crippen LogP contribution >= 0.6 is 0 Å². The summed E-state index contributed by atoms with van der Waals surface area (Å²) in [5, 5.41) is 7.50. The minimum atomic E-state index is 0.652. The molecule has 0 fully saturated rings. The second-order valence-corrected chi connectivity index (χ2v) is 3.91. The first kappa shape index (κ1) is 11.3. The van der Waals surface area contributed by atoms with Crippen LogP contribution in [-0.4, -0.2) is 16.9 Å². The molecule has 0 aliphatic rings. The maximum atomic E-state index is 5.78. The average Bonchev–Trinajstić information content (AvgIpc) is 2.57. The average molecular weight is 232 g/mol. The molecule has 90 valence electrons. The molecule has 0 atom stereocenters. The fourth-order valence-corrected chi connectivity index (χ4v) is 1.58. The third-order valence-corrected chi connectivity index (χ3v) is 2.55. The van der Waals surface area contributed by atoms with Gasteiger partial charge in [-0.2, -0.15) is 5.10 Å². The van der Waals surface area contributed by atoms with Gasteiger partial charge in [-0.1, -0.05) is 0 Å². The molecule has 5 nitrogen and oxygen atoms in total. The summed E-state index contributed by atoms with van der Waals surface area (Å²) in [5.74, 6) is 1.51. The lowest BCUT2D eigenvalue weighted by Gasteiger charge is -2.07. The summed E-state index contributed by atoms with van der Waals surface area (Å²) in [7, 11) is 3.52. The van der Waals surface area contributed by atoms with Crippen molar-refractivity contribution in [2.75, 3.05) is 18.2 Å². The number of benzene rings is 1. The van der Waals surface area contributed by atoms with Gasteiger partial charge in [0.2, 0.25) is 0 Å². The summed E-state index contributed by atoms with van der Waals surface area (Å²) in [6.45, 7) is 2.00. The minimum absolute atomic E-state index is 0.652. The molecule has 0 saturated heterocycles. The Hall–Kier alpha value is -2.17. The third kappa shape index (κ3) is 2.50. The quantitative estimate of drug-likeness (QED) is 0.795. The molecule has 17 heavy (non-hydrogen) atoms. The van der Waals surface area contributed by atoms with Crippen molar-refractivity contribution in [2.24, 2.45) is 7.05 Å². The van der Waals surface area contributed by atoms with Gasteiger partial charge in [-0.3, -0.25) is 4.68 Å². The molecular weight excluding hydrogens is 216 g/mol. The highest BCUT2D eigenvalue weighted by molar-refractivity contribution is 5.64. The van der Waals surface area contributed by atoms with E-state index < -0.39 is 0 Å². The first-order valence-corrected chi connectivity index (χ1v) is 5.30. The number of nitrogens with two attached hydrogens (primary N) is 1. The monoisotopic (exact) mass is 232 g/mol. The number of methoxy groups -OCH3 is 1. The second-order valence-electron chi connectivity index (χ2n) is 3.91. The van der Waals surface area contributed by atoms with Gasteiger partial charge in [-0.15, -0.1) is 0 Å². The van der Waals surface area contributed by atoms with Crippen LogP contribution in [0.2, 0.25) is 0 Å². The molecular formula is C12H16N4O. The van der Waals surface area contributed by atoms with Crippen LogP contribution in [0.5, 0.6) is 5.75 Å². The Morgan fingerprint density at radius 1 is 1.29 bits per heavy atom. The van der Waals surface area contributed by atoms with Crippen molar-refractivity contribution in [1.82, 2.24) is 9.78 Å². The number of nitrogens with zero attached hydrogens (tertiary/aromatic N) is 2. The minimum Gasteiger partial charge on any atom is -0.497 e. The summed E-state index contributed by atoms with van der Waals surface area (Å²) in [6, 6.07) is 7.46. The maximum Gasteiger partial charge on any atom is 0.152 e. The lowest BCUT2D eigenvalue weighted by molar-refractivity contribution is 0.415. The Morgan fingerprint density at radius 2 is 2.06 bits per heavy atom. The molecule has 1 aromatic carbocycles. The molecule has 0 amide bonds. The van der Waals surface area contributed by atoms with Gasteiger partial charge in [0, 0.05) is 42.3 Å². The fourth-order valence-electron chi connectivity index (χ4n) is 1.58. The molecule has 0 unspecified atom stereocenters. The van der Waals surface area contributed by atoms with Gasteiger partial charge in [-0.05, 0) is 13.0 Å². The number of rotatable bonds is 3. The second kappa shape index (κ2) is 4.37. The van der Waals surface area contributed by atoms with Crippen molar-refractivity contribution in [1.29, 1.82) is 0 Å². The SMILES string of the molecule is COc1cc(N)cc(Nc2cc(C)n(C)n2)c1. The lowest BCUT2D eigenvalue weighted by atomic mass is 10.2. The van der Waals surface area contributed by atoms with Crippen molar-refractivity contribution in [3.8, 4) is 5.75 Å². The van der Waals surface area contributed by atoms with Crippen LogP contribution in [0.1, 0.15) is 5.69 Å². The molecule has 0 aliphatic carbocycles. The van der Waals surface area contributed by atoms with E-state index in [0.29, 0.717) is 5.69 Å². The molecule has 1 aromatic heterocycles. The van der Waals surface area contributed by atoms with Crippen molar-refractivity contribution in [3.63, 3.8) is 0 Å². The Bertz CT molecular complexity index is 514. The zero-order chi connectivity index (χ0) is 12.4. The number of aryl methyl sites for hydroxylation is 2. The van der Waals surface area contributed by atoms with Crippen LogP contribution in [0.25, 0.3) is 0 Å². The van der Waals surface area contributed by atoms with E-state index in [4.69, 9.17) is 10.5 Å². The summed E-state index contributed by atoms with van der Waals surface area (Å²) < 4.78 is 6.97. The van der Waals surface area contributed by atoms with Crippen molar-refractivity contribution >= 4 is 17.2 Å². The zero-order valence-electron chi connectivity index (χ0n) is 10.2. The van der Waals surface area contributed by atoms with Crippen LogP contribution in [0, 0.1) is 6.92 Å². The lowest BCUT2D eigenvalue weighted by Crippen LogP contribution is -1.96. The Balaban J connectivity index is 2.26. The topological polar surface area (TPSA) is 65.1 Å². The number of nitrogen functional groups attached to an aromatic ring is 1. The van der Waals surface area contributed by atoms with Gasteiger partial charge in [0.05, 0.1) is 7.11 Å².